The van der Waals surface area contributed by atoms with E-state index in [1.165, 1.54) is 43.8 Å². The van der Waals surface area contributed by atoms with E-state index in [1.807, 2.05) is 12.1 Å². The summed E-state index contributed by atoms with van der Waals surface area (Å²) in [6, 6.07) is 106. The molecular weight excluding hydrogens is 1070 g/mol. The Kier molecular flexibility index (Phi) is 12.7. The summed E-state index contributed by atoms with van der Waals surface area (Å²) >= 11 is 0. The molecule has 4 nitrogen and oxygen atoms in total. The Morgan fingerprint density at radius 1 is 0.239 bits per heavy atom. The molecule has 0 radical (unpaired) electrons. The van der Waals surface area contributed by atoms with Crippen LogP contribution in [0.3, 0.4) is 0 Å². The average Bonchev–Trinajstić information content (AvgIpc) is 1.55. The van der Waals surface area contributed by atoms with Crippen molar-refractivity contribution >= 4 is 99.5 Å². The van der Waals surface area contributed by atoms with E-state index >= 15 is 0 Å². The van der Waals surface area contributed by atoms with E-state index in [0.29, 0.717) is 0 Å². The summed E-state index contributed by atoms with van der Waals surface area (Å²) in [4.78, 5) is 4.92. The second kappa shape index (κ2) is 21.4. The van der Waals surface area contributed by atoms with Crippen LogP contribution in [0, 0.1) is 27.7 Å². The van der Waals surface area contributed by atoms with Crippen molar-refractivity contribution in [1.82, 2.24) is 0 Å². The lowest BCUT2D eigenvalue weighted by molar-refractivity contribution is 0.669. The van der Waals surface area contributed by atoms with Gasteiger partial charge in [-0.1, -0.05) is 231 Å². The van der Waals surface area contributed by atoms with Gasteiger partial charge in [-0.15, -0.1) is 0 Å². The summed E-state index contributed by atoms with van der Waals surface area (Å²) in [7, 11) is 0. The molecule has 14 aromatic carbocycles. The van der Waals surface area contributed by atoms with Gasteiger partial charge in [0.25, 0.3) is 0 Å². The third-order valence-electron chi connectivity index (χ3n) is 18.0. The highest BCUT2D eigenvalue weighted by Gasteiger charge is 2.27. The Morgan fingerprint density at radius 3 is 1.00 bits per heavy atom. The van der Waals surface area contributed by atoms with Crippen LogP contribution < -0.4 is 9.80 Å². The van der Waals surface area contributed by atoms with Gasteiger partial charge >= 0.3 is 0 Å². The maximum absolute atomic E-state index is 6.76. The molecule has 0 amide bonds. The van der Waals surface area contributed by atoms with Crippen molar-refractivity contribution in [2.24, 2.45) is 0 Å². The van der Waals surface area contributed by atoms with Crippen molar-refractivity contribution in [1.29, 1.82) is 0 Å². The zero-order chi connectivity index (χ0) is 59.0. The molecule has 4 heteroatoms. The molecule has 418 valence electrons. The summed E-state index contributed by atoms with van der Waals surface area (Å²) in [5.41, 5.74) is 25.9. The standard InChI is InChI=1S/C84H60N2O2/c1-53-19-13-31-71(75-35-17-33-73-69-27-9-11-37-79(69)87-83(73)75)81(53)85(63-45-39-59(40-46-63)67-29-15-23-57-21-5-7-25-65(57)67)77-49-43-61(51-55(77)3)62-44-50-78(56(4)52-62)86(64-47-41-60(42-48-64)68-30-16-24-58-22-6-8-26-66(58)68)82-54(2)20-14-32-72(82)76-36-18-34-74-70-28-10-12-38-80(70)88-84(74)76/h5-52H,1-4H3. The largest absolute Gasteiger partial charge is 0.455 e. The highest BCUT2D eigenvalue weighted by atomic mass is 16.3. The summed E-state index contributed by atoms with van der Waals surface area (Å²) in [6.07, 6.45) is 0. The smallest absolute Gasteiger partial charge is 0.143 e. The van der Waals surface area contributed by atoms with Gasteiger partial charge in [-0.2, -0.15) is 0 Å². The highest BCUT2D eigenvalue weighted by molar-refractivity contribution is 6.13. The van der Waals surface area contributed by atoms with Crippen LogP contribution in [0.4, 0.5) is 34.1 Å². The molecule has 16 rings (SSSR count). The monoisotopic (exact) mass is 1130 g/mol. The maximum Gasteiger partial charge on any atom is 0.143 e. The van der Waals surface area contributed by atoms with Crippen LogP contribution in [-0.2, 0) is 0 Å². The zero-order valence-electron chi connectivity index (χ0n) is 49.4. The molecule has 0 bridgehead atoms. The van der Waals surface area contributed by atoms with Gasteiger partial charge in [-0.25, -0.2) is 0 Å². The number of rotatable bonds is 11. The maximum atomic E-state index is 6.76. The molecule has 0 saturated carbocycles. The molecule has 0 N–H and O–H groups in total. The van der Waals surface area contributed by atoms with E-state index in [1.54, 1.807) is 0 Å². The fourth-order valence-corrected chi connectivity index (χ4v) is 13.7. The van der Waals surface area contributed by atoms with Crippen LogP contribution in [0.5, 0.6) is 0 Å². The molecule has 0 saturated heterocycles. The van der Waals surface area contributed by atoms with Gasteiger partial charge < -0.3 is 18.6 Å². The summed E-state index contributed by atoms with van der Waals surface area (Å²) in [6.45, 7) is 8.96. The fraction of sp³-hybridized carbons (Fsp3) is 0.0476. The van der Waals surface area contributed by atoms with Gasteiger partial charge in [-0.05, 0) is 166 Å². The van der Waals surface area contributed by atoms with E-state index in [2.05, 4.69) is 317 Å². The lowest BCUT2D eigenvalue weighted by Crippen LogP contribution is -2.14. The Balaban J connectivity index is 0.828. The minimum atomic E-state index is 0.880. The Bertz CT molecular complexity index is 5050. The van der Waals surface area contributed by atoms with E-state index < -0.39 is 0 Å². The number of benzene rings is 14. The topological polar surface area (TPSA) is 32.8 Å². The molecule has 0 aliphatic heterocycles. The molecule has 2 aromatic heterocycles. The van der Waals surface area contributed by atoms with Crippen LogP contribution in [0.2, 0.25) is 0 Å². The molecule has 0 atom stereocenters. The van der Waals surface area contributed by atoms with Gasteiger partial charge in [0.15, 0.2) is 0 Å². The predicted octanol–water partition coefficient (Wildman–Crippen LogP) is 24.3. The van der Waals surface area contributed by atoms with E-state index in [-0.39, 0.29) is 0 Å². The van der Waals surface area contributed by atoms with E-state index in [9.17, 15) is 0 Å². The molecule has 16 aromatic rings. The highest BCUT2D eigenvalue weighted by Crippen LogP contribution is 2.50. The number of fused-ring (bicyclic) bond motifs is 8. The quantitative estimate of drug-likeness (QED) is 0.129. The van der Waals surface area contributed by atoms with E-state index in [0.717, 1.165) is 134 Å². The minimum Gasteiger partial charge on any atom is -0.455 e. The van der Waals surface area contributed by atoms with Gasteiger partial charge in [-0.3, -0.25) is 0 Å². The lowest BCUT2D eigenvalue weighted by Gasteiger charge is -2.31. The molecule has 88 heavy (non-hydrogen) atoms. The molecule has 0 aliphatic carbocycles. The first-order valence-electron chi connectivity index (χ1n) is 30.3. The zero-order valence-corrected chi connectivity index (χ0v) is 49.4. The fourth-order valence-electron chi connectivity index (χ4n) is 13.7. The number of para-hydroxylation sites is 6. The van der Waals surface area contributed by atoms with Gasteiger partial charge in [0.1, 0.15) is 22.3 Å². The Labute approximate surface area is 512 Å². The van der Waals surface area contributed by atoms with Crippen molar-refractivity contribution < 1.29 is 8.83 Å². The predicted molar refractivity (Wildman–Crippen MR) is 372 cm³/mol. The molecular formula is C84H60N2O2. The number of furan rings is 2. The first-order chi connectivity index (χ1) is 43.3. The van der Waals surface area contributed by atoms with Crippen LogP contribution in [-0.4, -0.2) is 0 Å². The third-order valence-corrected chi connectivity index (χ3v) is 18.0. The Hall–Kier alpha value is -11.2. The molecule has 0 fully saturated rings. The van der Waals surface area contributed by atoms with E-state index in [4.69, 9.17) is 8.83 Å². The van der Waals surface area contributed by atoms with Gasteiger partial charge in [0, 0.05) is 66.5 Å². The number of hydrogen-bond donors (Lipinski definition) is 0. The third kappa shape index (κ3) is 8.83. The van der Waals surface area contributed by atoms with Gasteiger partial charge in [0.05, 0.1) is 11.4 Å². The van der Waals surface area contributed by atoms with Crippen molar-refractivity contribution in [2.75, 3.05) is 9.80 Å². The lowest BCUT2D eigenvalue weighted by atomic mass is 9.94. The summed E-state index contributed by atoms with van der Waals surface area (Å²) in [5.74, 6) is 0. The van der Waals surface area contributed by atoms with Crippen molar-refractivity contribution in [3.63, 3.8) is 0 Å². The van der Waals surface area contributed by atoms with Crippen LogP contribution in [0.15, 0.2) is 300 Å². The van der Waals surface area contributed by atoms with Crippen LogP contribution >= 0.6 is 0 Å². The van der Waals surface area contributed by atoms with Gasteiger partial charge in [0.2, 0.25) is 0 Å². The SMILES string of the molecule is Cc1cc(-c2ccc(N(c3ccc(-c4cccc5ccccc45)cc3)c3c(C)cccc3-c3cccc4c3oc3ccccc34)c(C)c2)ccc1N(c1ccc(-c2cccc3ccccc23)cc1)c1c(C)cccc1-c1cccc2c1oc1ccccc12. The number of anilines is 6. The van der Waals surface area contributed by atoms with Crippen molar-refractivity contribution in [2.45, 2.75) is 27.7 Å². The normalized spacial score (nSPS) is 11.6. The molecule has 0 aliphatic rings. The first kappa shape index (κ1) is 52.4. The molecule has 2 heterocycles. The van der Waals surface area contributed by atoms with Crippen molar-refractivity contribution in [3.05, 3.63) is 313 Å². The summed E-state index contributed by atoms with van der Waals surface area (Å²) < 4.78 is 13.5. The van der Waals surface area contributed by atoms with Crippen molar-refractivity contribution in [3.8, 4) is 55.6 Å². The summed E-state index contributed by atoms with van der Waals surface area (Å²) in [5, 5.41) is 9.35. The molecule has 0 unspecified atom stereocenters. The van der Waals surface area contributed by atoms with Crippen LogP contribution in [0.25, 0.3) is 121 Å². The van der Waals surface area contributed by atoms with Crippen LogP contribution in [0.1, 0.15) is 22.3 Å². The average molecular weight is 1130 g/mol. The number of aryl methyl sites for hydroxylation is 4. The number of hydrogen-bond acceptors (Lipinski definition) is 4. The minimum absolute atomic E-state index is 0.880. The Morgan fingerprint density at radius 2 is 0.568 bits per heavy atom. The molecule has 0 spiro atoms. The second-order valence-corrected chi connectivity index (χ2v) is 23.3. The first-order valence-corrected chi connectivity index (χ1v) is 30.3. The second-order valence-electron chi connectivity index (χ2n) is 23.3. The number of nitrogens with zero attached hydrogens (tertiary/aromatic N) is 2.